The second-order valence-corrected chi connectivity index (χ2v) is 10.4. The molecule has 0 aliphatic heterocycles. The van der Waals surface area contributed by atoms with Crippen molar-refractivity contribution in [2.75, 3.05) is 0 Å². The molecule has 0 radical (unpaired) electrons. The molecule has 2 atom stereocenters. The van der Waals surface area contributed by atoms with E-state index in [1.807, 2.05) is 36.4 Å². The van der Waals surface area contributed by atoms with E-state index < -0.39 is 16.1 Å². The van der Waals surface area contributed by atoms with Crippen LogP contribution in [0.5, 0.6) is 0 Å². The minimum Gasteiger partial charge on any atom is -0.250 e. The quantitative estimate of drug-likeness (QED) is 0.418. The monoisotopic (exact) mass is 452 g/mol. The van der Waals surface area contributed by atoms with Gasteiger partial charge >= 0.3 is 0 Å². The zero-order chi connectivity index (χ0) is 20.7. The highest BCUT2D eigenvalue weighted by atomic mass is 35.5. The Balaban J connectivity index is 1.59. The number of aromatic nitrogens is 1. The van der Waals surface area contributed by atoms with Crippen molar-refractivity contribution in [1.82, 2.24) is 9.71 Å². The van der Waals surface area contributed by atoms with E-state index in [1.165, 1.54) is 12.1 Å². The minimum atomic E-state index is -3.74. The van der Waals surface area contributed by atoms with Gasteiger partial charge in [0.05, 0.1) is 21.2 Å². The standard InChI is InChI=1S/C23H17ClN2O2S2/c24-16-10-12-17(13-11-16)30(27,28)26-22-18-7-3-5-15-6-4-8-19(21(15)18)23(22)29-20-9-1-2-14-25-20/h1-14,22-23,26H/t22-,23-/m1/s1. The van der Waals surface area contributed by atoms with E-state index in [0.29, 0.717) is 5.02 Å². The van der Waals surface area contributed by atoms with E-state index in [1.54, 1.807) is 30.1 Å². The van der Waals surface area contributed by atoms with Crippen molar-refractivity contribution in [1.29, 1.82) is 0 Å². The van der Waals surface area contributed by atoms with E-state index in [2.05, 4.69) is 27.9 Å². The van der Waals surface area contributed by atoms with Crippen LogP contribution in [-0.4, -0.2) is 13.4 Å². The van der Waals surface area contributed by atoms with Crippen LogP contribution in [0.15, 0.2) is 95.0 Å². The molecule has 30 heavy (non-hydrogen) atoms. The highest BCUT2D eigenvalue weighted by Crippen LogP contribution is 2.53. The van der Waals surface area contributed by atoms with Gasteiger partial charge in [-0.3, -0.25) is 0 Å². The molecule has 4 nitrogen and oxygen atoms in total. The van der Waals surface area contributed by atoms with Crippen molar-refractivity contribution < 1.29 is 8.42 Å². The number of nitrogens with one attached hydrogen (secondary N) is 1. The highest BCUT2D eigenvalue weighted by molar-refractivity contribution is 7.99. The van der Waals surface area contributed by atoms with Crippen molar-refractivity contribution in [3.63, 3.8) is 0 Å². The predicted octanol–water partition coefficient (Wildman–Crippen LogP) is 5.75. The maximum absolute atomic E-state index is 13.2. The first kappa shape index (κ1) is 19.6. The minimum absolute atomic E-state index is 0.136. The summed E-state index contributed by atoms with van der Waals surface area (Å²) in [6.45, 7) is 0. The molecule has 4 aromatic rings. The summed E-state index contributed by atoms with van der Waals surface area (Å²) < 4.78 is 29.3. The zero-order valence-corrected chi connectivity index (χ0v) is 18.1. The van der Waals surface area contributed by atoms with Gasteiger partial charge in [0, 0.05) is 11.2 Å². The summed E-state index contributed by atoms with van der Waals surface area (Å²) in [5.41, 5.74) is 2.09. The van der Waals surface area contributed by atoms with Crippen molar-refractivity contribution in [2.24, 2.45) is 0 Å². The Morgan fingerprint density at radius 2 is 1.60 bits per heavy atom. The van der Waals surface area contributed by atoms with Crippen LogP contribution >= 0.6 is 23.4 Å². The first-order chi connectivity index (χ1) is 14.5. The van der Waals surface area contributed by atoms with Crippen molar-refractivity contribution in [3.8, 4) is 0 Å². The number of benzene rings is 3. The van der Waals surface area contributed by atoms with Crippen LogP contribution in [0, 0.1) is 0 Å². The summed E-state index contributed by atoms with van der Waals surface area (Å²) in [4.78, 5) is 4.63. The molecule has 1 aliphatic rings. The first-order valence-corrected chi connectivity index (χ1v) is 12.1. The Hall–Kier alpha value is -2.38. The van der Waals surface area contributed by atoms with Crippen molar-refractivity contribution in [2.45, 2.75) is 21.2 Å². The van der Waals surface area contributed by atoms with Crippen LogP contribution in [0.1, 0.15) is 22.4 Å². The third-order valence-corrected chi connectivity index (χ3v) is 8.18. The largest absolute Gasteiger partial charge is 0.250 e. The topological polar surface area (TPSA) is 59.1 Å². The summed E-state index contributed by atoms with van der Waals surface area (Å²) >= 11 is 7.50. The molecule has 3 aromatic carbocycles. The van der Waals surface area contributed by atoms with Crippen LogP contribution < -0.4 is 4.72 Å². The highest BCUT2D eigenvalue weighted by Gasteiger charge is 2.38. The number of nitrogens with zero attached hydrogens (tertiary/aromatic N) is 1. The van der Waals surface area contributed by atoms with Gasteiger partial charge in [-0.05, 0) is 58.3 Å². The number of sulfonamides is 1. The summed E-state index contributed by atoms with van der Waals surface area (Å²) in [6.07, 6.45) is 1.75. The summed E-state index contributed by atoms with van der Waals surface area (Å²) in [5.74, 6) is 0. The average molecular weight is 453 g/mol. The van der Waals surface area contributed by atoms with Crippen molar-refractivity contribution >= 4 is 44.2 Å². The number of pyridine rings is 1. The van der Waals surface area contributed by atoms with Gasteiger partial charge in [-0.2, -0.15) is 0 Å². The first-order valence-electron chi connectivity index (χ1n) is 9.40. The molecule has 0 spiro atoms. The van der Waals surface area contributed by atoms with Gasteiger partial charge in [0.25, 0.3) is 0 Å². The molecule has 0 saturated carbocycles. The van der Waals surface area contributed by atoms with Crippen LogP contribution in [-0.2, 0) is 10.0 Å². The Morgan fingerprint density at radius 3 is 2.30 bits per heavy atom. The van der Waals surface area contributed by atoms with Gasteiger partial charge < -0.3 is 0 Å². The van der Waals surface area contributed by atoms with E-state index in [4.69, 9.17) is 11.6 Å². The molecule has 0 amide bonds. The third kappa shape index (κ3) is 3.50. The number of hydrogen-bond donors (Lipinski definition) is 1. The molecule has 1 N–H and O–H groups in total. The van der Waals surface area contributed by atoms with Gasteiger partial charge in [0.2, 0.25) is 10.0 Å². The SMILES string of the molecule is O=S(=O)(N[C@@H]1c2cccc3cccc(c23)[C@H]1Sc1ccccn1)c1ccc(Cl)cc1. The van der Waals surface area contributed by atoms with E-state index in [-0.39, 0.29) is 10.1 Å². The predicted molar refractivity (Wildman–Crippen MR) is 121 cm³/mol. The normalized spacial score (nSPS) is 18.0. The lowest BCUT2D eigenvalue weighted by atomic mass is 10.1. The second-order valence-electron chi connectivity index (χ2n) is 7.05. The molecular formula is C23H17ClN2O2S2. The molecule has 0 saturated heterocycles. The van der Waals surface area contributed by atoms with Gasteiger partial charge in [-0.15, -0.1) is 0 Å². The average Bonchev–Trinajstić information content (AvgIpc) is 3.04. The van der Waals surface area contributed by atoms with Crippen molar-refractivity contribution in [3.05, 3.63) is 101 Å². The Labute approximate surface area is 184 Å². The number of rotatable bonds is 5. The van der Waals surface area contributed by atoms with Crippen LogP contribution in [0.2, 0.25) is 5.02 Å². The summed E-state index contributed by atoms with van der Waals surface area (Å²) in [6, 6.07) is 23.7. The maximum atomic E-state index is 13.2. The van der Waals surface area contributed by atoms with Crippen LogP contribution in [0.25, 0.3) is 10.8 Å². The number of thioether (sulfide) groups is 1. The van der Waals surface area contributed by atoms with Crippen LogP contribution in [0.3, 0.4) is 0 Å². The Kier molecular flexibility index (Phi) is 5.03. The fourth-order valence-electron chi connectivity index (χ4n) is 3.89. The zero-order valence-electron chi connectivity index (χ0n) is 15.7. The second kappa shape index (κ2) is 7.71. The summed E-state index contributed by atoms with van der Waals surface area (Å²) in [5, 5.41) is 3.42. The van der Waals surface area contributed by atoms with E-state index >= 15 is 0 Å². The van der Waals surface area contributed by atoms with E-state index in [9.17, 15) is 8.42 Å². The lowest BCUT2D eigenvalue weighted by molar-refractivity contribution is 0.557. The molecule has 0 bridgehead atoms. The maximum Gasteiger partial charge on any atom is 0.241 e. The molecule has 7 heteroatoms. The molecule has 5 rings (SSSR count). The van der Waals surface area contributed by atoms with Gasteiger partial charge in [0.1, 0.15) is 0 Å². The molecule has 0 fully saturated rings. The fraction of sp³-hybridized carbons (Fsp3) is 0.0870. The lowest BCUT2D eigenvalue weighted by Crippen LogP contribution is -2.30. The summed E-state index contributed by atoms with van der Waals surface area (Å²) in [7, 11) is -3.74. The Morgan fingerprint density at radius 1 is 0.867 bits per heavy atom. The molecule has 150 valence electrons. The fourth-order valence-corrected chi connectivity index (χ4v) is 6.54. The van der Waals surface area contributed by atoms with Gasteiger partial charge in [-0.1, -0.05) is 65.8 Å². The number of halogens is 1. The lowest BCUT2D eigenvalue weighted by Gasteiger charge is -2.22. The Bertz CT molecular complexity index is 1320. The molecule has 1 aliphatic carbocycles. The smallest absolute Gasteiger partial charge is 0.241 e. The molecule has 0 unspecified atom stereocenters. The van der Waals surface area contributed by atoms with E-state index in [0.717, 1.165) is 26.9 Å². The van der Waals surface area contributed by atoms with Gasteiger partial charge in [0.15, 0.2) is 0 Å². The number of hydrogen-bond acceptors (Lipinski definition) is 4. The van der Waals surface area contributed by atoms with Gasteiger partial charge in [-0.25, -0.2) is 18.1 Å². The molecule has 1 heterocycles. The molecule has 1 aromatic heterocycles. The molecular weight excluding hydrogens is 436 g/mol. The van der Waals surface area contributed by atoms with Crippen LogP contribution in [0.4, 0.5) is 0 Å². The third-order valence-electron chi connectivity index (χ3n) is 5.21.